The predicted molar refractivity (Wildman–Crippen MR) is 107 cm³/mol. The molecule has 2 aromatic rings. The summed E-state index contributed by atoms with van der Waals surface area (Å²) in [6, 6.07) is 0. The van der Waals surface area contributed by atoms with Crippen molar-refractivity contribution in [2.45, 2.75) is 64.7 Å². The molecule has 0 aromatic carbocycles. The highest BCUT2D eigenvalue weighted by atomic mass is 32.1. The fourth-order valence-electron chi connectivity index (χ4n) is 2.52. The van der Waals surface area contributed by atoms with E-state index in [0.29, 0.717) is 5.13 Å². The molecule has 0 unspecified atom stereocenters. The smallest absolute Gasteiger partial charge is 0.354 e. The second kappa shape index (κ2) is 8.39. The largest absolute Gasteiger partial charge is 0.434 e. The second-order valence-corrected chi connectivity index (χ2v) is 10.1. The summed E-state index contributed by atoms with van der Waals surface area (Å²) in [6.45, 7) is 10.5. The molecule has 11 heteroatoms. The first-order valence-electron chi connectivity index (χ1n) is 9.03. The van der Waals surface area contributed by atoms with Crippen molar-refractivity contribution in [2.75, 3.05) is 19.0 Å². The molecule has 0 N–H and O–H groups in total. The van der Waals surface area contributed by atoms with E-state index in [1.54, 1.807) is 60.5 Å². The molecule has 0 bridgehead atoms. The summed E-state index contributed by atoms with van der Waals surface area (Å²) >= 11 is 1.10. The number of aryl methyl sites for hydroxylation is 1. The van der Waals surface area contributed by atoms with E-state index in [1.165, 1.54) is 13.2 Å². The van der Waals surface area contributed by atoms with Crippen LogP contribution in [0.25, 0.3) is 0 Å². The van der Waals surface area contributed by atoms with Crippen molar-refractivity contribution in [3.05, 3.63) is 28.0 Å². The summed E-state index contributed by atoms with van der Waals surface area (Å²) in [5.74, 6) is 0. The average Bonchev–Trinajstić information content (AvgIpc) is 3.09. The third-order valence-electron chi connectivity index (χ3n) is 3.96. The lowest BCUT2D eigenvalue weighted by Crippen LogP contribution is -2.20. The third kappa shape index (κ3) is 6.36. The number of thiazole rings is 1. The molecule has 0 aliphatic rings. The van der Waals surface area contributed by atoms with E-state index in [1.807, 2.05) is 0 Å². The van der Waals surface area contributed by atoms with Crippen LogP contribution in [0.2, 0.25) is 0 Å². The molecule has 30 heavy (non-hydrogen) atoms. The molecule has 2 aromatic heterocycles. The van der Waals surface area contributed by atoms with Gasteiger partial charge < -0.3 is 4.90 Å². The molecule has 0 fully saturated rings. The number of halogens is 6. The average molecular weight is 459 g/mol. The maximum atomic E-state index is 12.8. The minimum Gasteiger partial charge on any atom is -0.354 e. The Hall–Kier alpha value is -1.78. The second-order valence-electron chi connectivity index (χ2n) is 9.09. The van der Waals surface area contributed by atoms with Crippen LogP contribution in [-0.4, -0.2) is 28.9 Å². The molecule has 0 aliphatic heterocycles. The van der Waals surface area contributed by atoms with Gasteiger partial charge in [-0.25, -0.2) is 4.98 Å². The zero-order chi connectivity index (χ0) is 23.9. The van der Waals surface area contributed by atoms with Crippen molar-refractivity contribution < 1.29 is 26.3 Å². The van der Waals surface area contributed by atoms with Gasteiger partial charge in [0.15, 0.2) is 10.8 Å². The molecule has 0 aliphatic carbocycles. The van der Waals surface area contributed by atoms with Gasteiger partial charge in [-0.05, 0) is 10.8 Å². The Balaban J connectivity index is 0.000000303. The SMILES string of the molecule is CN(C)c1nc(C(F)(F)F)c(C(C)(C)C)s1.Cn1ncc(C(C)(C)C)c1C(F)(F)F. The number of alkyl halides is 6. The van der Waals surface area contributed by atoms with Gasteiger partial charge in [-0.2, -0.15) is 31.4 Å². The van der Waals surface area contributed by atoms with Crippen molar-refractivity contribution >= 4 is 16.5 Å². The molecular weight excluding hydrogens is 430 g/mol. The Kier molecular flexibility index (Phi) is 7.35. The lowest BCUT2D eigenvalue weighted by atomic mass is 9.87. The summed E-state index contributed by atoms with van der Waals surface area (Å²) in [6.07, 6.45) is -7.44. The highest BCUT2D eigenvalue weighted by molar-refractivity contribution is 7.15. The molecule has 0 amide bonds. The van der Waals surface area contributed by atoms with Gasteiger partial charge in [0.1, 0.15) is 5.69 Å². The van der Waals surface area contributed by atoms with Crippen LogP contribution in [0, 0.1) is 0 Å². The van der Waals surface area contributed by atoms with E-state index >= 15 is 0 Å². The number of anilines is 1. The molecule has 4 nitrogen and oxygen atoms in total. The Labute approximate surface area is 176 Å². The van der Waals surface area contributed by atoms with E-state index in [0.717, 1.165) is 16.0 Å². The minimum atomic E-state index is -4.38. The van der Waals surface area contributed by atoms with Gasteiger partial charge in [-0.3, -0.25) is 4.68 Å². The first kappa shape index (κ1) is 26.3. The molecule has 0 spiro atoms. The Morgan fingerprint density at radius 2 is 1.37 bits per heavy atom. The molecule has 0 saturated heterocycles. The van der Waals surface area contributed by atoms with Crippen LogP contribution < -0.4 is 4.90 Å². The van der Waals surface area contributed by atoms with Gasteiger partial charge in [0.05, 0.1) is 6.20 Å². The predicted octanol–water partition coefficient (Wildman–Crippen LogP) is 6.26. The summed E-state index contributed by atoms with van der Waals surface area (Å²) in [7, 11) is 4.68. The van der Waals surface area contributed by atoms with Crippen LogP contribution in [0.15, 0.2) is 6.20 Å². The maximum Gasteiger partial charge on any atom is 0.434 e. The normalized spacial score (nSPS) is 13.2. The van der Waals surface area contributed by atoms with E-state index in [9.17, 15) is 26.3 Å². The first-order chi connectivity index (χ1) is 13.2. The van der Waals surface area contributed by atoms with Gasteiger partial charge in [-0.1, -0.05) is 41.5 Å². The van der Waals surface area contributed by atoms with E-state index in [4.69, 9.17) is 0 Å². The zero-order valence-corrected chi connectivity index (χ0v) is 19.4. The highest BCUT2D eigenvalue weighted by Crippen LogP contribution is 2.42. The molecule has 2 heterocycles. The van der Waals surface area contributed by atoms with E-state index in [-0.39, 0.29) is 10.4 Å². The number of hydrogen-bond donors (Lipinski definition) is 0. The van der Waals surface area contributed by atoms with Gasteiger partial charge >= 0.3 is 12.4 Å². The molecule has 2 rings (SSSR count). The highest BCUT2D eigenvalue weighted by Gasteiger charge is 2.41. The maximum absolute atomic E-state index is 12.8. The van der Waals surface area contributed by atoms with Gasteiger partial charge in [0.2, 0.25) is 0 Å². The Morgan fingerprint density at radius 1 is 0.867 bits per heavy atom. The standard InChI is InChI=1S/C10H15F3N2S.C9H13F3N2/c1-9(2,3)7-6(10(11,12)13)14-8(16-7)15(4)5;1-8(2,3)6-5-13-14(4)7(6)9(10,11)12/h1-5H3;5H,1-4H3. The molecule has 0 saturated carbocycles. The quantitative estimate of drug-likeness (QED) is 0.473. The topological polar surface area (TPSA) is 34.0 Å². The summed E-state index contributed by atoms with van der Waals surface area (Å²) in [5, 5.41) is 4.03. The summed E-state index contributed by atoms with van der Waals surface area (Å²) < 4.78 is 77.1. The van der Waals surface area contributed by atoms with Crippen LogP contribution in [0.4, 0.5) is 31.5 Å². The van der Waals surface area contributed by atoms with E-state index in [2.05, 4.69) is 10.1 Å². The number of hydrogen-bond acceptors (Lipinski definition) is 4. The molecule has 172 valence electrons. The lowest BCUT2D eigenvalue weighted by Gasteiger charge is -2.20. The first-order valence-corrected chi connectivity index (χ1v) is 9.84. The van der Waals surface area contributed by atoms with Crippen LogP contribution in [-0.2, 0) is 30.2 Å². The Bertz CT molecular complexity index is 817. The van der Waals surface area contributed by atoms with Gasteiger partial charge in [0.25, 0.3) is 0 Å². The monoisotopic (exact) mass is 458 g/mol. The van der Waals surface area contributed by atoms with Crippen molar-refractivity contribution in [3.8, 4) is 0 Å². The zero-order valence-electron chi connectivity index (χ0n) is 18.5. The van der Waals surface area contributed by atoms with Crippen molar-refractivity contribution in [1.82, 2.24) is 14.8 Å². The van der Waals surface area contributed by atoms with Crippen molar-refractivity contribution in [2.24, 2.45) is 7.05 Å². The summed E-state index contributed by atoms with van der Waals surface area (Å²) in [4.78, 5) is 5.54. The van der Waals surface area contributed by atoms with Gasteiger partial charge in [0, 0.05) is 31.6 Å². The molecule has 0 radical (unpaired) electrons. The van der Waals surface area contributed by atoms with Crippen LogP contribution >= 0.6 is 11.3 Å². The fraction of sp³-hybridized carbons (Fsp3) is 0.684. The number of nitrogens with zero attached hydrogens (tertiary/aromatic N) is 4. The third-order valence-corrected chi connectivity index (χ3v) is 5.61. The lowest BCUT2D eigenvalue weighted by molar-refractivity contribution is -0.145. The number of rotatable bonds is 1. The van der Waals surface area contributed by atoms with Crippen LogP contribution in [0.3, 0.4) is 0 Å². The van der Waals surface area contributed by atoms with Crippen LogP contribution in [0.1, 0.15) is 63.4 Å². The molecule has 0 atom stereocenters. The van der Waals surface area contributed by atoms with Crippen molar-refractivity contribution in [1.29, 1.82) is 0 Å². The van der Waals surface area contributed by atoms with Crippen molar-refractivity contribution in [3.63, 3.8) is 0 Å². The van der Waals surface area contributed by atoms with E-state index < -0.39 is 34.6 Å². The Morgan fingerprint density at radius 3 is 1.63 bits per heavy atom. The fourth-order valence-corrected chi connectivity index (χ4v) is 3.59. The minimum absolute atomic E-state index is 0.229. The summed E-state index contributed by atoms with van der Waals surface area (Å²) in [5.41, 5.74) is -2.28. The molecular formula is C19H28F6N4S. The number of aromatic nitrogens is 3. The van der Waals surface area contributed by atoms with Crippen LogP contribution in [0.5, 0.6) is 0 Å². The van der Waals surface area contributed by atoms with Gasteiger partial charge in [-0.15, -0.1) is 11.3 Å².